The fourth-order valence-electron chi connectivity index (χ4n) is 3.02. The molecule has 1 fully saturated rings. The van der Waals surface area contributed by atoms with E-state index in [4.69, 9.17) is 0 Å². The number of carbonyl (C=O) groups is 1. The van der Waals surface area contributed by atoms with Crippen molar-refractivity contribution < 1.29 is 4.79 Å². The number of ketones is 1. The summed E-state index contributed by atoms with van der Waals surface area (Å²) in [4.78, 5) is 16.5. The van der Waals surface area contributed by atoms with Crippen LogP contribution in [0.15, 0.2) is 12.4 Å². The smallest absolute Gasteiger partial charge is 0.137 e. The Morgan fingerprint density at radius 2 is 1.94 bits per heavy atom. The summed E-state index contributed by atoms with van der Waals surface area (Å²) >= 11 is 0. The molecule has 2 rings (SSSR count). The lowest BCUT2D eigenvalue weighted by Gasteiger charge is -2.03. The van der Waals surface area contributed by atoms with Gasteiger partial charge in [-0.05, 0) is 10.8 Å². The van der Waals surface area contributed by atoms with Gasteiger partial charge in [0.25, 0.3) is 0 Å². The molecule has 17 heavy (non-hydrogen) atoms. The molecule has 0 N–H and O–H groups in total. The van der Waals surface area contributed by atoms with Crippen molar-refractivity contribution in [2.24, 2.45) is 23.8 Å². The minimum absolute atomic E-state index is 0.158. The van der Waals surface area contributed by atoms with Crippen molar-refractivity contribution in [1.29, 1.82) is 0 Å². The quantitative estimate of drug-likeness (QED) is 0.802. The van der Waals surface area contributed by atoms with Crippen molar-refractivity contribution in [3.8, 4) is 0 Å². The number of hydrogen-bond donors (Lipinski definition) is 0. The van der Waals surface area contributed by atoms with Gasteiger partial charge in [0.1, 0.15) is 11.6 Å². The molecule has 0 unspecified atom stereocenters. The summed E-state index contributed by atoms with van der Waals surface area (Å²) in [5.41, 5.74) is 0.317. The third kappa shape index (κ3) is 1.81. The number of carbonyl (C=O) groups excluding carboxylic acids is 1. The molecule has 0 atom stereocenters. The lowest BCUT2D eigenvalue weighted by molar-refractivity contribution is -0.121. The SMILES string of the molecule is Cn1ccnc1CCC(=O)C1C(C)(C)C1(C)C. The van der Waals surface area contributed by atoms with Gasteiger partial charge in [0.15, 0.2) is 0 Å². The number of hydrogen-bond acceptors (Lipinski definition) is 2. The van der Waals surface area contributed by atoms with Crippen LogP contribution in [0.1, 0.15) is 39.9 Å². The maximum absolute atomic E-state index is 12.2. The fraction of sp³-hybridized carbons (Fsp3) is 0.714. The number of nitrogens with zero attached hydrogens (tertiary/aromatic N) is 2. The van der Waals surface area contributed by atoms with E-state index in [2.05, 4.69) is 32.7 Å². The first-order valence-corrected chi connectivity index (χ1v) is 6.27. The van der Waals surface area contributed by atoms with Crippen LogP contribution < -0.4 is 0 Å². The second-order valence-electron chi connectivity index (χ2n) is 6.30. The third-order valence-corrected chi connectivity index (χ3v) is 4.86. The predicted molar refractivity (Wildman–Crippen MR) is 67.6 cm³/mol. The van der Waals surface area contributed by atoms with Crippen molar-refractivity contribution in [2.75, 3.05) is 0 Å². The topological polar surface area (TPSA) is 34.9 Å². The van der Waals surface area contributed by atoms with Gasteiger partial charge < -0.3 is 4.57 Å². The van der Waals surface area contributed by atoms with Gasteiger partial charge in [-0.3, -0.25) is 4.79 Å². The number of aryl methyl sites for hydroxylation is 2. The van der Waals surface area contributed by atoms with Crippen LogP contribution in [0.25, 0.3) is 0 Å². The highest BCUT2D eigenvalue weighted by Crippen LogP contribution is 2.68. The van der Waals surface area contributed by atoms with Crippen LogP contribution in [0.4, 0.5) is 0 Å². The highest BCUT2D eigenvalue weighted by atomic mass is 16.1. The fourth-order valence-corrected chi connectivity index (χ4v) is 3.02. The van der Waals surface area contributed by atoms with E-state index in [0.29, 0.717) is 12.2 Å². The van der Waals surface area contributed by atoms with Crippen LogP contribution in [0.5, 0.6) is 0 Å². The van der Waals surface area contributed by atoms with Crippen LogP contribution in [-0.2, 0) is 18.3 Å². The second-order valence-corrected chi connectivity index (χ2v) is 6.30. The van der Waals surface area contributed by atoms with Crippen molar-refractivity contribution in [3.63, 3.8) is 0 Å². The molecule has 0 saturated heterocycles. The zero-order chi connectivity index (χ0) is 12.8. The van der Waals surface area contributed by atoms with Gasteiger partial charge in [0, 0.05) is 38.2 Å². The monoisotopic (exact) mass is 234 g/mol. The molecule has 94 valence electrons. The van der Waals surface area contributed by atoms with Gasteiger partial charge in [-0.15, -0.1) is 0 Å². The molecule has 1 saturated carbocycles. The van der Waals surface area contributed by atoms with Crippen molar-refractivity contribution >= 4 is 5.78 Å². The van der Waals surface area contributed by atoms with Crippen LogP contribution in [0.3, 0.4) is 0 Å². The normalized spacial score (nSPS) is 21.5. The molecule has 0 aliphatic heterocycles. The van der Waals surface area contributed by atoms with Crippen molar-refractivity contribution in [1.82, 2.24) is 9.55 Å². The van der Waals surface area contributed by atoms with Crippen molar-refractivity contribution in [2.45, 2.75) is 40.5 Å². The Balaban J connectivity index is 1.94. The van der Waals surface area contributed by atoms with E-state index in [-0.39, 0.29) is 16.7 Å². The molecule has 1 aliphatic rings. The highest BCUT2D eigenvalue weighted by molar-refractivity contribution is 5.86. The summed E-state index contributed by atoms with van der Waals surface area (Å²) in [6.07, 6.45) is 5.07. The van der Waals surface area contributed by atoms with Gasteiger partial charge in [0.2, 0.25) is 0 Å². The Morgan fingerprint density at radius 3 is 2.35 bits per heavy atom. The second kappa shape index (κ2) is 3.69. The Kier molecular flexibility index (Phi) is 2.68. The minimum Gasteiger partial charge on any atom is -0.338 e. The average Bonchev–Trinajstić information content (AvgIpc) is 2.53. The van der Waals surface area contributed by atoms with E-state index >= 15 is 0 Å². The molecule has 0 spiro atoms. The molecule has 3 nitrogen and oxygen atoms in total. The molecule has 0 amide bonds. The minimum atomic E-state index is 0.158. The van der Waals surface area contributed by atoms with E-state index in [1.807, 2.05) is 17.8 Å². The summed E-state index contributed by atoms with van der Waals surface area (Å²) in [5, 5.41) is 0. The molecule has 1 aromatic heterocycles. The predicted octanol–water partition coefficient (Wildman–Crippen LogP) is 2.60. The van der Waals surface area contributed by atoms with Gasteiger partial charge in [0.05, 0.1) is 0 Å². The Labute approximate surface area is 103 Å². The first-order valence-electron chi connectivity index (χ1n) is 6.27. The zero-order valence-corrected chi connectivity index (χ0v) is 11.4. The first kappa shape index (κ1) is 12.3. The summed E-state index contributed by atoms with van der Waals surface area (Å²) in [5.74, 6) is 1.60. The maximum atomic E-state index is 12.2. The summed E-state index contributed by atoms with van der Waals surface area (Å²) in [7, 11) is 1.97. The van der Waals surface area contributed by atoms with Crippen LogP contribution >= 0.6 is 0 Å². The maximum Gasteiger partial charge on any atom is 0.137 e. The summed E-state index contributed by atoms with van der Waals surface area (Å²) in [6.45, 7) is 8.76. The zero-order valence-electron chi connectivity index (χ0n) is 11.4. The van der Waals surface area contributed by atoms with Gasteiger partial charge >= 0.3 is 0 Å². The van der Waals surface area contributed by atoms with Gasteiger partial charge in [-0.1, -0.05) is 27.7 Å². The van der Waals surface area contributed by atoms with E-state index in [9.17, 15) is 4.79 Å². The largest absolute Gasteiger partial charge is 0.338 e. The number of aromatic nitrogens is 2. The lowest BCUT2D eigenvalue weighted by atomic mass is 10.0. The van der Waals surface area contributed by atoms with Crippen LogP contribution in [0.2, 0.25) is 0 Å². The number of Topliss-reactive ketones (excluding diaryl/α,β-unsaturated/α-hetero) is 1. The van der Waals surface area contributed by atoms with E-state index in [1.165, 1.54) is 0 Å². The van der Waals surface area contributed by atoms with Gasteiger partial charge in [-0.25, -0.2) is 4.98 Å². The number of imidazole rings is 1. The third-order valence-electron chi connectivity index (χ3n) is 4.86. The standard InChI is InChI=1S/C14H22N2O/c1-13(2)12(14(13,3)4)10(17)6-7-11-15-8-9-16(11)5/h8-9,12H,6-7H2,1-5H3. The van der Waals surface area contributed by atoms with E-state index in [0.717, 1.165) is 12.2 Å². The highest BCUT2D eigenvalue weighted by Gasteiger charge is 2.67. The lowest BCUT2D eigenvalue weighted by Crippen LogP contribution is -2.09. The molecular formula is C14H22N2O. The Morgan fingerprint density at radius 1 is 1.35 bits per heavy atom. The van der Waals surface area contributed by atoms with E-state index in [1.54, 1.807) is 6.20 Å². The molecule has 0 aromatic carbocycles. The molecule has 0 radical (unpaired) electrons. The molecular weight excluding hydrogens is 212 g/mol. The number of rotatable bonds is 4. The molecule has 3 heteroatoms. The summed E-state index contributed by atoms with van der Waals surface area (Å²) < 4.78 is 1.98. The van der Waals surface area contributed by atoms with Crippen LogP contribution in [-0.4, -0.2) is 15.3 Å². The molecule has 1 heterocycles. The molecule has 1 aromatic rings. The average molecular weight is 234 g/mol. The molecule has 1 aliphatic carbocycles. The molecule has 0 bridgehead atoms. The van der Waals surface area contributed by atoms with Crippen LogP contribution in [0, 0.1) is 16.7 Å². The van der Waals surface area contributed by atoms with Crippen molar-refractivity contribution in [3.05, 3.63) is 18.2 Å². The van der Waals surface area contributed by atoms with E-state index < -0.39 is 0 Å². The Bertz CT molecular complexity index is 429. The van der Waals surface area contributed by atoms with Gasteiger partial charge in [-0.2, -0.15) is 0 Å². The Hall–Kier alpha value is -1.12. The first-order chi connectivity index (χ1) is 7.78. The summed E-state index contributed by atoms with van der Waals surface area (Å²) in [6, 6.07) is 0.